The topological polar surface area (TPSA) is 91.6 Å². The summed E-state index contributed by atoms with van der Waals surface area (Å²) in [4.78, 5) is 2.19. The quantitative estimate of drug-likeness (QED) is 0.711. The zero-order chi connectivity index (χ0) is 18.5. The van der Waals surface area contributed by atoms with Gasteiger partial charge in [-0.3, -0.25) is 4.90 Å². The summed E-state index contributed by atoms with van der Waals surface area (Å²) in [6.45, 7) is 0.761. The molecule has 6 unspecified atom stereocenters. The fraction of sp³-hybridized carbons (Fsp3) is 0.684. The van der Waals surface area contributed by atoms with Gasteiger partial charge < -0.3 is 29.5 Å². The maximum Gasteiger partial charge on any atom is 0.217 e. The Morgan fingerprint density at radius 3 is 2.69 bits per heavy atom. The van der Waals surface area contributed by atoms with Gasteiger partial charge in [0, 0.05) is 24.5 Å². The SMILES string of the molecule is COc1ccc2c(c1O)C13CCN(C)C14CC2OC4(OC)C(O)C(O)C3. The Bertz CT molecular complexity index is 786. The molecule has 6 atom stereocenters. The van der Waals surface area contributed by atoms with Crippen LogP contribution in [0.3, 0.4) is 0 Å². The maximum atomic E-state index is 11.1. The standard InChI is InChI=1S/C19H25NO6/c1-20-7-6-17-8-11(21)16(23)19(25-3)18(17,20)9-13(26-19)10-4-5-12(24-2)15(22)14(10)17/h4-5,11,13,16,21-23H,6-9H2,1-3H3. The number of aromatic hydroxyl groups is 1. The van der Waals surface area contributed by atoms with Gasteiger partial charge in [-0.25, -0.2) is 0 Å². The molecule has 1 spiro atoms. The number of likely N-dealkylation sites (tertiary alicyclic amines) is 1. The van der Waals surface area contributed by atoms with E-state index < -0.39 is 28.9 Å². The highest BCUT2D eigenvalue weighted by Crippen LogP contribution is 2.72. The number of phenols is 1. The molecule has 1 saturated carbocycles. The van der Waals surface area contributed by atoms with Gasteiger partial charge in [0.15, 0.2) is 11.5 Å². The van der Waals surface area contributed by atoms with E-state index in [2.05, 4.69) is 4.90 Å². The van der Waals surface area contributed by atoms with E-state index in [4.69, 9.17) is 14.2 Å². The molecule has 4 aliphatic rings. The van der Waals surface area contributed by atoms with Crippen molar-refractivity contribution in [2.75, 3.05) is 27.8 Å². The van der Waals surface area contributed by atoms with Crippen molar-refractivity contribution in [2.24, 2.45) is 0 Å². The molecule has 3 N–H and O–H groups in total. The highest BCUT2D eigenvalue weighted by Gasteiger charge is 2.82. The Labute approximate surface area is 152 Å². The number of methoxy groups -OCH3 is 2. The molecule has 5 rings (SSSR count). The molecule has 26 heavy (non-hydrogen) atoms. The number of hydrogen-bond acceptors (Lipinski definition) is 7. The first-order valence-corrected chi connectivity index (χ1v) is 9.09. The third kappa shape index (κ3) is 1.44. The van der Waals surface area contributed by atoms with E-state index in [1.807, 2.05) is 13.1 Å². The summed E-state index contributed by atoms with van der Waals surface area (Å²) < 4.78 is 17.6. The van der Waals surface area contributed by atoms with Crippen molar-refractivity contribution in [3.05, 3.63) is 23.3 Å². The van der Waals surface area contributed by atoms with Crippen molar-refractivity contribution in [1.29, 1.82) is 0 Å². The highest BCUT2D eigenvalue weighted by atomic mass is 16.7. The van der Waals surface area contributed by atoms with E-state index >= 15 is 0 Å². The summed E-state index contributed by atoms with van der Waals surface area (Å²) in [5.74, 6) is -0.833. The summed E-state index contributed by atoms with van der Waals surface area (Å²) in [7, 11) is 5.06. The molecule has 142 valence electrons. The molecule has 2 aliphatic heterocycles. The average Bonchev–Trinajstić information content (AvgIpc) is 3.13. The fourth-order valence-corrected chi connectivity index (χ4v) is 6.61. The van der Waals surface area contributed by atoms with Crippen LogP contribution < -0.4 is 4.74 Å². The van der Waals surface area contributed by atoms with Crippen LogP contribution >= 0.6 is 0 Å². The smallest absolute Gasteiger partial charge is 0.217 e. The van der Waals surface area contributed by atoms with E-state index in [0.717, 1.165) is 24.1 Å². The second-order valence-electron chi connectivity index (χ2n) is 8.09. The number of likely N-dealkylation sites (N-methyl/N-ethyl adjacent to an activating group) is 1. The monoisotopic (exact) mass is 363 g/mol. The fourth-order valence-electron chi connectivity index (χ4n) is 6.61. The van der Waals surface area contributed by atoms with Gasteiger partial charge in [-0.05, 0) is 38.1 Å². The summed E-state index contributed by atoms with van der Waals surface area (Å²) >= 11 is 0. The van der Waals surface area contributed by atoms with Crippen LogP contribution in [0.25, 0.3) is 0 Å². The third-order valence-electron chi connectivity index (χ3n) is 7.53. The predicted octanol–water partition coefficient (Wildman–Crippen LogP) is 0.656. The molecule has 1 aromatic carbocycles. The number of benzene rings is 1. The van der Waals surface area contributed by atoms with Gasteiger partial charge >= 0.3 is 0 Å². The Morgan fingerprint density at radius 2 is 2.00 bits per heavy atom. The number of rotatable bonds is 2. The Balaban J connectivity index is 1.88. The van der Waals surface area contributed by atoms with Crippen LogP contribution in [0.4, 0.5) is 0 Å². The lowest BCUT2D eigenvalue weighted by Gasteiger charge is -2.60. The van der Waals surface area contributed by atoms with E-state index in [1.54, 1.807) is 6.07 Å². The molecule has 7 nitrogen and oxygen atoms in total. The number of aliphatic hydroxyl groups is 2. The number of nitrogens with zero attached hydrogens (tertiary/aromatic N) is 1. The zero-order valence-electron chi connectivity index (χ0n) is 15.2. The summed E-state index contributed by atoms with van der Waals surface area (Å²) in [6.07, 6.45) is -0.764. The predicted molar refractivity (Wildman–Crippen MR) is 91.1 cm³/mol. The Kier molecular flexibility index (Phi) is 3.17. The van der Waals surface area contributed by atoms with Gasteiger partial charge in [-0.2, -0.15) is 0 Å². The van der Waals surface area contributed by atoms with E-state index in [1.165, 1.54) is 14.2 Å². The number of ether oxygens (including phenoxy) is 3. The van der Waals surface area contributed by atoms with Gasteiger partial charge in [-0.15, -0.1) is 0 Å². The molecule has 0 aromatic heterocycles. The zero-order valence-corrected chi connectivity index (χ0v) is 15.2. The molecule has 0 amide bonds. The molecule has 0 radical (unpaired) electrons. The van der Waals surface area contributed by atoms with Crippen molar-refractivity contribution in [2.45, 2.75) is 54.3 Å². The number of hydrogen-bond donors (Lipinski definition) is 3. The minimum Gasteiger partial charge on any atom is -0.504 e. The van der Waals surface area contributed by atoms with Crippen LogP contribution in [-0.4, -0.2) is 71.6 Å². The maximum absolute atomic E-state index is 11.1. The second kappa shape index (κ2) is 4.91. The lowest BCUT2D eigenvalue weighted by molar-refractivity contribution is -0.335. The lowest BCUT2D eigenvalue weighted by Crippen LogP contribution is -2.77. The number of phenolic OH excluding ortho intramolecular Hbond substituents is 1. The van der Waals surface area contributed by atoms with Crippen LogP contribution in [0, 0.1) is 0 Å². The van der Waals surface area contributed by atoms with Crippen molar-refractivity contribution in [1.82, 2.24) is 4.90 Å². The molecule has 1 aromatic rings. The molecule has 7 heteroatoms. The van der Waals surface area contributed by atoms with Gasteiger partial charge in [-0.1, -0.05) is 6.07 Å². The first kappa shape index (κ1) is 16.8. The number of aliphatic hydroxyl groups excluding tert-OH is 2. The molecule has 2 saturated heterocycles. The first-order chi connectivity index (χ1) is 12.4. The molecule has 2 bridgehead atoms. The molecule has 2 aliphatic carbocycles. The van der Waals surface area contributed by atoms with E-state index in [0.29, 0.717) is 18.6 Å². The summed E-state index contributed by atoms with van der Waals surface area (Å²) in [5.41, 5.74) is 0.434. The van der Waals surface area contributed by atoms with Crippen molar-refractivity contribution >= 4 is 0 Å². The van der Waals surface area contributed by atoms with Gasteiger partial charge in [0.25, 0.3) is 0 Å². The molecular formula is C19H25NO6. The van der Waals surface area contributed by atoms with Crippen LogP contribution in [0.1, 0.15) is 36.5 Å². The summed E-state index contributed by atoms with van der Waals surface area (Å²) in [6, 6.07) is 3.67. The normalized spacial score (nSPS) is 46.1. The minimum absolute atomic E-state index is 0.105. The largest absolute Gasteiger partial charge is 0.504 e. The van der Waals surface area contributed by atoms with Gasteiger partial charge in [0.2, 0.25) is 5.79 Å². The van der Waals surface area contributed by atoms with Gasteiger partial charge in [0.1, 0.15) is 6.10 Å². The Morgan fingerprint density at radius 1 is 1.23 bits per heavy atom. The second-order valence-corrected chi connectivity index (χ2v) is 8.09. The average molecular weight is 363 g/mol. The minimum atomic E-state index is -1.35. The van der Waals surface area contributed by atoms with Gasteiger partial charge in [0.05, 0.1) is 24.9 Å². The lowest BCUT2D eigenvalue weighted by atomic mass is 9.50. The first-order valence-electron chi connectivity index (χ1n) is 9.09. The van der Waals surface area contributed by atoms with Crippen molar-refractivity contribution in [3.63, 3.8) is 0 Å². The molecule has 2 heterocycles. The van der Waals surface area contributed by atoms with Crippen LogP contribution in [-0.2, 0) is 14.9 Å². The molecule has 3 fully saturated rings. The number of fused-ring (bicyclic) bond motifs is 3. The van der Waals surface area contributed by atoms with E-state index in [-0.39, 0.29) is 11.9 Å². The Hall–Kier alpha value is -1.38. The van der Waals surface area contributed by atoms with Crippen molar-refractivity contribution in [3.8, 4) is 11.5 Å². The van der Waals surface area contributed by atoms with Crippen molar-refractivity contribution < 1.29 is 29.5 Å². The third-order valence-corrected chi connectivity index (χ3v) is 7.53. The molecular weight excluding hydrogens is 338 g/mol. The van der Waals surface area contributed by atoms with E-state index in [9.17, 15) is 15.3 Å². The van der Waals surface area contributed by atoms with Crippen LogP contribution in [0.2, 0.25) is 0 Å². The van der Waals surface area contributed by atoms with Crippen LogP contribution in [0.15, 0.2) is 12.1 Å². The highest BCUT2D eigenvalue weighted by molar-refractivity contribution is 5.61. The summed E-state index contributed by atoms with van der Waals surface area (Å²) in [5, 5.41) is 32.8. The van der Waals surface area contributed by atoms with Crippen LogP contribution in [0.5, 0.6) is 11.5 Å².